The van der Waals surface area contributed by atoms with Crippen LogP contribution in [-0.2, 0) is 0 Å². The lowest BCUT2D eigenvalue weighted by Crippen LogP contribution is -2.50. The Labute approximate surface area is 149 Å². The Morgan fingerprint density at radius 2 is 2.00 bits per heavy atom. The summed E-state index contributed by atoms with van der Waals surface area (Å²) in [7, 11) is 2.11. The van der Waals surface area contributed by atoms with E-state index in [-0.39, 0.29) is 12.1 Å². The van der Waals surface area contributed by atoms with Crippen LogP contribution >= 0.6 is 11.6 Å². The molecule has 1 aromatic carbocycles. The number of urea groups is 1. The summed E-state index contributed by atoms with van der Waals surface area (Å²) in [5.41, 5.74) is 1.21. The summed E-state index contributed by atoms with van der Waals surface area (Å²) in [6, 6.07) is 8.22. The molecular weight excluding hydrogens is 324 g/mol. The summed E-state index contributed by atoms with van der Waals surface area (Å²) in [5.74, 6) is 0.500. The Morgan fingerprint density at radius 3 is 2.75 bits per heavy atom. The van der Waals surface area contributed by atoms with Gasteiger partial charge in [0.05, 0.1) is 0 Å². The topological polar surface area (TPSA) is 47.6 Å². The molecule has 0 spiro atoms. The average molecular weight is 351 g/mol. The molecule has 24 heavy (non-hydrogen) atoms. The number of hydrogen-bond donors (Lipinski definition) is 2. The van der Waals surface area contributed by atoms with E-state index in [4.69, 9.17) is 11.6 Å². The molecule has 0 radical (unpaired) electrons. The van der Waals surface area contributed by atoms with Crippen LogP contribution in [0, 0.1) is 5.92 Å². The van der Waals surface area contributed by atoms with E-state index in [2.05, 4.69) is 39.6 Å². The monoisotopic (exact) mass is 350 g/mol. The van der Waals surface area contributed by atoms with Gasteiger partial charge in [0.2, 0.25) is 0 Å². The molecule has 2 fully saturated rings. The van der Waals surface area contributed by atoms with Crippen molar-refractivity contribution in [3.8, 4) is 0 Å². The van der Waals surface area contributed by atoms with Gasteiger partial charge in [-0.3, -0.25) is 0 Å². The van der Waals surface area contributed by atoms with Crippen molar-refractivity contribution in [3.63, 3.8) is 0 Å². The van der Waals surface area contributed by atoms with Crippen LogP contribution in [0.15, 0.2) is 24.3 Å². The zero-order valence-corrected chi connectivity index (χ0v) is 15.1. The maximum atomic E-state index is 12.1. The van der Waals surface area contributed by atoms with Gasteiger partial charge in [-0.15, -0.1) is 0 Å². The van der Waals surface area contributed by atoms with E-state index in [1.807, 2.05) is 12.1 Å². The highest BCUT2D eigenvalue weighted by Crippen LogP contribution is 2.24. The number of benzene rings is 1. The SMILES string of the molecule is CN1CCC[C@H](NC(=O)NC[C@@H]2CCN(c3ccc(Cl)cc3)C2)C1. The number of piperidine rings is 1. The molecule has 6 heteroatoms. The third kappa shape index (κ3) is 4.77. The lowest BCUT2D eigenvalue weighted by Gasteiger charge is -2.30. The third-order valence-corrected chi connectivity index (χ3v) is 5.24. The van der Waals surface area contributed by atoms with E-state index in [1.165, 1.54) is 5.69 Å². The van der Waals surface area contributed by atoms with Crippen LogP contribution in [0.4, 0.5) is 10.5 Å². The Balaban J connectivity index is 1.39. The minimum atomic E-state index is -0.0276. The molecule has 2 heterocycles. The van der Waals surface area contributed by atoms with Crippen LogP contribution in [0.3, 0.4) is 0 Å². The van der Waals surface area contributed by atoms with Gasteiger partial charge in [0.15, 0.2) is 0 Å². The zero-order chi connectivity index (χ0) is 16.9. The second-order valence-corrected chi connectivity index (χ2v) is 7.47. The Kier molecular flexibility index (Phi) is 5.85. The zero-order valence-electron chi connectivity index (χ0n) is 14.3. The molecule has 0 aliphatic carbocycles. The maximum Gasteiger partial charge on any atom is 0.315 e. The number of nitrogens with zero attached hydrogens (tertiary/aromatic N) is 2. The van der Waals surface area contributed by atoms with E-state index in [1.54, 1.807) is 0 Å². The first kappa shape index (κ1) is 17.4. The number of nitrogens with one attached hydrogen (secondary N) is 2. The summed E-state index contributed by atoms with van der Waals surface area (Å²) in [6.45, 7) is 4.82. The highest BCUT2D eigenvalue weighted by molar-refractivity contribution is 6.30. The van der Waals surface area contributed by atoms with E-state index >= 15 is 0 Å². The van der Waals surface area contributed by atoms with Crippen LogP contribution in [0.1, 0.15) is 19.3 Å². The fourth-order valence-electron chi connectivity index (χ4n) is 3.64. The predicted octanol–water partition coefficient (Wildman–Crippen LogP) is 2.56. The summed E-state index contributed by atoms with van der Waals surface area (Å²) < 4.78 is 0. The predicted molar refractivity (Wildman–Crippen MR) is 98.8 cm³/mol. The van der Waals surface area contributed by atoms with Crippen molar-refractivity contribution in [2.45, 2.75) is 25.3 Å². The summed E-state index contributed by atoms with van der Waals surface area (Å²) in [6.07, 6.45) is 3.33. The lowest BCUT2D eigenvalue weighted by atomic mass is 10.1. The molecule has 2 aliphatic heterocycles. The van der Waals surface area contributed by atoms with Crippen LogP contribution in [0.2, 0.25) is 5.02 Å². The molecule has 2 aliphatic rings. The Morgan fingerprint density at radius 1 is 1.21 bits per heavy atom. The number of likely N-dealkylation sites (tertiary alicyclic amines) is 1. The molecule has 0 aromatic heterocycles. The summed E-state index contributed by atoms with van der Waals surface area (Å²) in [4.78, 5) is 16.7. The fraction of sp³-hybridized carbons (Fsp3) is 0.611. The van der Waals surface area contributed by atoms with Crippen LogP contribution < -0.4 is 15.5 Å². The largest absolute Gasteiger partial charge is 0.371 e. The van der Waals surface area contributed by atoms with Crippen molar-refractivity contribution < 1.29 is 4.79 Å². The van der Waals surface area contributed by atoms with Gasteiger partial charge in [0, 0.05) is 42.9 Å². The van der Waals surface area contributed by atoms with Crippen molar-refractivity contribution in [2.75, 3.05) is 44.7 Å². The molecule has 3 rings (SSSR count). The molecule has 0 unspecified atom stereocenters. The number of amides is 2. The van der Waals surface area contributed by atoms with Gasteiger partial charge in [0.1, 0.15) is 0 Å². The molecule has 2 atom stereocenters. The van der Waals surface area contributed by atoms with Crippen LogP contribution in [0.25, 0.3) is 0 Å². The van der Waals surface area contributed by atoms with E-state index in [0.717, 1.165) is 57.0 Å². The van der Waals surface area contributed by atoms with Crippen molar-refractivity contribution in [3.05, 3.63) is 29.3 Å². The van der Waals surface area contributed by atoms with Gasteiger partial charge >= 0.3 is 6.03 Å². The van der Waals surface area contributed by atoms with Gasteiger partial charge < -0.3 is 20.4 Å². The highest BCUT2D eigenvalue weighted by Gasteiger charge is 2.24. The normalized spacial score (nSPS) is 24.8. The molecule has 2 N–H and O–H groups in total. The van der Waals surface area contributed by atoms with Gasteiger partial charge in [0.25, 0.3) is 0 Å². The quantitative estimate of drug-likeness (QED) is 0.877. The van der Waals surface area contributed by atoms with Crippen molar-refractivity contribution in [2.24, 2.45) is 5.92 Å². The Bertz CT molecular complexity index is 550. The van der Waals surface area contributed by atoms with Crippen molar-refractivity contribution >= 4 is 23.3 Å². The van der Waals surface area contributed by atoms with Gasteiger partial charge in [-0.1, -0.05) is 11.6 Å². The second kappa shape index (κ2) is 8.08. The average Bonchev–Trinajstić information content (AvgIpc) is 3.03. The smallest absolute Gasteiger partial charge is 0.315 e. The first-order valence-electron chi connectivity index (χ1n) is 8.83. The van der Waals surface area contributed by atoms with E-state index in [9.17, 15) is 4.79 Å². The molecule has 0 saturated carbocycles. The number of halogens is 1. The summed E-state index contributed by atoms with van der Waals surface area (Å²) in [5, 5.41) is 6.92. The highest BCUT2D eigenvalue weighted by atomic mass is 35.5. The number of anilines is 1. The third-order valence-electron chi connectivity index (χ3n) is 4.99. The Hall–Kier alpha value is -1.46. The first-order valence-corrected chi connectivity index (χ1v) is 9.21. The fourth-order valence-corrected chi connectivity index (χ4v) is 3.77. The molecule has 2 amide bonds. The molecule has 2 saturated heterocycles. The van der Waals surface area contributed by atoms with Crippen LogP contribution in [-0.4, -0.2) is 56.7 Å². The second-order valence-electron chi connectivity index (χ2n) is 7.03. The number of hydrogen-bond acceptors (Lipinski definition) is 3. The van der Waals surface area contributed by atoms with E-state index < -0.39 is 0 Å². The van der Waals surface area contributed by atoms with Crippen molar-refractivity contribution in [1.29, 1.82) is 0 Å². The number of rotatable bonds is 4. The van der Waals surface area contributed by atoms with Gasteiger partial charge in [-0.25, -0.2) is 4.79 Å². The molecule has 132 valence electrons. The standard InChI is InChI=1S/C18H27ClN4O/c1-22-9-2-3-16(13-22)21-18(24)20-11-14-8-10-23(12-14)17-6-4-15(19)5-7-17/h4-7,14,16H,2-3,8-13H2,1H3,(H2,20,21,24)/t14-,16-/m0/s1. The maximum absolute atomic E-state index is 12.1. The minimum absolute atomic E-state index is 0.0276. The molecular formula is C18H27ClN4O. The van der Waals surface area contributed by atoms with E-state index in [0.29, 0.717) is 5.92 Å². The first-order chi connectivity index (χ1) is 11.6. The number of likely N-dealkylation sites (N-methyl/N-ethyl adjacent to an activating group) is 1. The molecule has 1 aromatic rings. The van der Waals surface area contributed by atoms with Gasteiger partial charge in [-0.05, 0) is 63.0 Å². The molecule has 0 bridgehead atoms. The van der Waals surface area contributed by atoms with Gasteiger partial charge in [-0.2, -0.15) is 0 Å². The van der Waals surface area contributed by atoms with Crippen LogP contribution in [0.5, 0.6) is 0 Å². The summed E-state index contributed by atoms with van der Waals surface area (Å²) >= 11 is 5.94. The lowest BCUT2D eigenvalue weighted by molar-refractivity contribution is 0.208. The minimum Gasteiger partial charge on any atom is -0.371 e. The van der Waals surface area contributed by atoms with Crippen molar-refractivity contribution in [1.82, 2.24) is 15.5 Å². The molecule has 5 nitrogen and oxygen atoms in total. The number of carbonyl (C=O) groups excluding carboxylic acids is 1. The number of carbonyl (C=O) groups is 1.